The largest absolute Gasteiger partial charge is 1.00 e. The number of carbonyl (C=O) groups is 2. The Labute approximate surface area is 119 Å². The Morgan fingerprint density at radius 1 is 1.39 bits per heavy atom. The van der Waals surface area contributed by atoms with Crippen molar-refractivity contribution < 1.29 is 42.5 Å². The van der Waals surface area contributed by atoms with E-state index in [9.17, 15) is 18.9 Å². The van der Waals surface area contributed by atoms with Gasteiger partial charge in [-0.05, 0) is 33.6 Å². The van der Waals surface area contributed by atoms with Gasteiger partial charge in [-0.25, -0.2) is 9.00 Å². The Morgan fingerprint density at radius 2 is 1.94 bits per heavy atom. The minimum atomic E-state index is -3.08. The molecule has 0 N–H and O–H groups in total. The van der Waals surface area contributed by atoms with Crippen molar-refractivity contribution in [3.05, 3.63) is 0 Å². The molecule has 6 nitrogen and oxygen atoms in total. The molecule has 18 heavy (non-hydrogen) atoms. The maximum Gasteiger partial charge on any atom is 1.00 e. The van der Waals surface area contributed by atoms with Crippen LogP contribution in [0.3, 0.4) is 0 Å². The first-order valence-electron chi connectivity index (χ1n) is 5.31. The van der Waals surface area contributed by atoms with Gasteiger partial charge in [-0.15, -0.1) is 4.36 Å². The van der Waals surface area contributed by atoms with Gasteiger partial charge in [0.1, 0.15) is 5.60 Å². The summed E-state index contributed by atoms with van der Waals surface area (Å²) < 4.78 is 20.5. The first kappa shape index (κ1) is 17.5. The summed E-state index contributed by atoms with van der Waals surface area (Å²) in [6.45, 7) is 4.95. The van der Waals surface area contributed by atoms with E-state index < -0.39 is 32.6 Å². The van der Waals surface area contributed by atoms with Gasteiger partial charge in [0.15, 0.2) is 0 Å². The smallest absolute Gasteiger partial charge is 0.549 e. The quantitative estimate of drug-likeness (QED) is 0.483. The van der Waals surface area contributed by atoms with Crippen molar-refractivity contribution in [1.29, 1.82) is 0 Å². The van der Waals surface area contributed by atoms with Crippen LogP contribution >= 0.6 is 0 Å². The van der Waals surface area contributed by atoms with E-state index in [1.807, 2.05) is 0 Å². The van der Waals surface area contributed by atoms with Crippen LogP contribution in [0, 0.1) is 0 Å². The average molecular weight is 269 g/mol. The van der Waals surface area contributed by atoms with E-state index in [0.717, 1.165) is 0 Å². The molecular weight excluding hydrogens is 253 g/mol. The molecule has 98 valence electrons. The zero-order chi connectivity index (χ0) is 13.3. The van der Waals surface area contributed by atoms with E-state index in [0.29, 0.717) is 6.42 Å². The molecule has 0 aromatic rings. The molecule has 0 aliphatic carbocycles. The Balaban J connectivity index is 0.00000289. The zero-order valence-electron chi connectivity index (χ0n) is 11.1. The van der Waals surface area contributed by atoms with Gasteiger partial charge in [0.05, 0.1) is 20.9 Å². The van der Waals surface area contributed by atoms with Crippen LogP contribution in [-0.2, 0) is 19.3 Å². The minimum absolute atomic E-state index is 0. The van der Waals surface area contributed by atoms with Crippen LogP contribution in [0.2, 0.25) is 0 Å². The van der Waals surface area contributed by atoms with Gasteiger partial charge in [0, 0.05) is 5.75 Å². The topological polar surface area (TPSA) is 95.9 Å². The second kappa shape index (κ2) is 6.09. The van der Waals surface area contributed by atoms with E-state index in [1.165, 1.54) is 0 Å². The summed E-state index contributed by atoms with van der Waals surface area (Å²) >= 11 is 0. The van der Waals surface area contributed by atoms with Crippen molar-refractivity contribution in [3.8, 4) is 0 Å². The van der Waals surface area contributed by atoms with Crippen molar-refractivity contribution in [3.63, 3.8) is 0 Å². The summed E-state index contributed by atoms with van der Waals surface area (Å²) in [5, 5.41) is 9.61. The number of carboxylic acid groups (broad SMARTS) is 1. The minimum Gasteiger partial charge on any atom is -0.549 e. The predicted molar refractivity (Wildman–Crippen MR) is 59.7 cm³/mol. The van der Waals surface area contributed by atoms with Crippen LogP contribution < -0.4 is 24.0 Å². The first-order chi connectivity index (χ1) is 7.64. The van der Waals surface area contributed by atoms with Crippen LogP contribution in [0.1, 0.15) is 33.6 Å². The predicted octanol–water partition coefficient (Wildman–Crippen LogP) is -2.69. The standard InChI is InChI=1S/C10H17NO5S.Li/c1-10(2,3)16-9(14)11-17(15)6-4-5-7(17)8(12)13;/h7H,4-6H2,1-3H3,(H,12,13);/q;+1/p-1. The number of carboxylic acids is 1. The second-order valence-electron chi connectivity index (χ2n) is 4.92. The molecule has 1 amide bonds. The molecule has 1 saturated heterocycles. The van der Waals surface area contributed by atoms with Crippen LogP contribution in [0.4, 0.5) is 4.79 Å². The molecule has 1 heterocycles. The molecule has 2 atom stereocenters. The van der Waals surface area contributed by atoms with Gasteiger partial charge in [0.2, 0.25) is 0 Å². The maximum atomic E-state index is 12.2. The average Bonchev–Trinajstić information content (AvgIpc) is 2.42. The molecule has 8 heteroatoms. The monoisotopic (exact) mass is 269 g/mol. The molecule has 2 unspecified atom stereocenters. The van der Waals surface area contributed by atoms with Crippen molar-refractivity contribution >= 4 is 21.8 Å². The molecule has 0 aromatic heterocycles. The maximum absolute atomic E-state index is 12.2. The zero-order valence-corrected chi connectivity index (χ0v) is 11.9. The summed E-state index contributed by atoms with van der Waals surface area (Å²) in [6.07, 6.45) is -0.285. The van der Waals surface area contributed by atoms with Crippen molar-refractivity contribution in [1.82, 2.24) is 0 Å². The Hall–Kier alpha value is -0.513. The van der Waals surface area contributed by atoms with Crippen LogP contribution in [0.25, 0.3) is 0 Å². The molecular formula is C10H16LiNO5S. The van der Waals surface area contributed by atoms with E-state index in [2.05, 4.69) is 4.36 Å². The van der Waals surface area contributed by atoms with Gasteiger partial charge in [-0.3, -0.25) is 0 Å². The Kier molecular flexibility index (Phi) is 5.91. The van der Waals surface area contributed by atoms with Gasteiger partial charge in [-0.1, -0.05) is 0 Å². The number of carbonyl (C=O) groups excluding carboxylic acids is 2. The normalized spacial score (nSPS) is 27.2. The first-order valence-corrected chi connectivity index (χ1v) is 7.06. The third-order valence-electron chi connectivity index (χ3n) is 2.23. The molecule has 0 spiro atoms. The molecule has 0 radical (unpaired) electrons. The summed E-state index contributed by atoms with van der Waals surface area (Å²) in [5.41, 5.74) is -0.744. The summed E-state index contributed by atoms with van der Waals surface area (Å²) in [5.74, 6) is -1.31. The SMILES string of the molecule is CC(C)(C)OC(=O)N=S1(=O)CCCC1C(=O)[O-].[Li+]. The molecule has 1 rings (SSSR count). The Bertz CT molecular complexity index is 448. The van der Waals surface area contributed by atoms with Gasteiger partial charge in [-0.2, -0.15) is 0 Å². The number of ether oxygens (including phenoxy) is 1. The summed E-state index contributed by atoms with van der Waals surface area (Å²) in [4.78, 5) is 22.2. The number of hydrogen-bond acceptors (Lipinski definition) is 5. The molecule has 0 saturated carbocycles. The van der Waals surface area contributed by atoms with Crippen LogP contribution in [0.5, 0.6) is 0 Å². The fourth-order valence-electron chi connectivity index (χ4n) is 1.59. The molecule has 0 aromatic carbocycles. The second-order valence-corrected chi connectivity index (χ2v) is 7.45. The van der Waals surface area contributed by atoms with Gasteiger partial charge < -0.3 is 14.6 Å². The summed E-state index contributed by atoms with van der Waals surface area (Å²) in [6, 6.07) is 0. The number of hydrogen-bond donors (Lipinski definition) is 0. The third kappa shape index (κ3) is 4.63. The van der Waals surface area contributed by atoms with Crippen molar-refractivity contribution in [2.75, 3.05) is 5.75 Å². The van der Waals surface area contributed by atoms with Crippen molar-refractivity contribution in [2.24, 2.45) is 4.36 Å². The number of nitrogens with zero attached hydrogens (tertiary/aromatic N) is 1. The third-order valence-corrected chi connectivity index (χ3v) is 4.88. The van der Waals surface area contributed by atoms with Gasteiger partial charge in [0.25, 0.3) is 0 Å². The molecule has 1 aliphatic heterocycles. The van der Waals surface area contributed by atoms with Gasteiger partial charge >= 0.3 is 25.0 Å². The molecule has 0 bridgehead atoms. The van der Waals surface area contributed by atoms with E-state index in [4.69, 9.17) is 4.74 Å². The van der Waals surface area contributed by atoms with E-state index >= 15 is 0 Å². The molecule has 1 aliphatic rings. The van der Waals surface area contributed by atoms with E-state index in [1.54, 1.807) is 20.8 Å². The van der Waals surface area contributed by atoms with Crippen molar-refractivity contribution in [2.45, 2.75) is 44.5 Å². The molecule has 1 fully saturated rings. The number of rotatable bonds is 1. The fourth-order valence-corrected chi connectivity index (χ4v) is 3.79. The Morgan fingerprint density at radius 3 is 2.39 bits per heavy atom. The van der Waals surface area contributed by atoms with Crippen LogP contribution in [0.15, 0.2) is 4.36 Å². The fraction of sp³-hybridized carbons (Fsp3) is 0.800. The summed E-state index contributed by atoms with van der Waals surface area (Å²) in [7, 11) is -3.08. The van der Waals surface area contributed by atoms with Crippen LogP contribution in [-0.4, -0.2) is 32.9 Å². The number of amides is 1. The number of aliphatic carboxylic acids is 1. The van der Waals surface area contributed by atoms with E-state index in [-0.39, 0.29) is 31.0 Å².